The highest BCUT2D eigenvalue weighted by atomic mass is 32.1. The van der Waals surface area contributed by atoms with Gasteiger partial charge in [0.05, 0.1) is 24.0 Å². The number of ether oxygens (including phenoxy) is 1. The molecule has 0 bridgehead atoms. The van der Waals surface area contributed by atoms with Crippen LogP contribution in [0.4, 0.5) is 10.8 Å². The number of aromatic nitrogens is 2. The summed E-state index contributed by atoms with van der Waals surface area (Å²) in [5.41, 5.74) is 6.23. The molecule has 180 valence electrons. The normalized spacial score (nSPS) is 10.7. The molecule has 2 aromatic heterocycles. The van der Waals surface area contributed by atoms with Crippen LogP contribution in [0.25, 0.3) is 0 Å². The molecule has 35 heavy (non-hydrogen) atoms. The molecule has 0 fully saturated rings. The minimum Gasteiger partial charge on any atom is -0.493 e. The summed E-state index contributed by atoms with van der Waals surface area (Å²) in [6.07, 6.45) is 1.94. The Kier molecular flexibility index (Phi) is 7.74. The van der Waals surface area contributed by atoms with Gasteiger partial charge in [0.15, 0.2) is 5.13 Å². The summed E-state index contributed by atoms with van der Waals surface area (Å²) in [4.78, 5) is 33.5. The highest BCUT2D eigenvalue weighted by Gasteiger charge is 2.15. The van der Waals surface area contributed by atoms with Crippen molar-refractivity contribution < 1.29 is 19.4 Å². The number of carboxylic acids is 1. The molecule has 3 N–H and O–H groups in total. The maximum atomic E-state index is 12.9. The van der Waals surface area contributed by atoms with Gasteiger partial charge in [-0.25, -0.2) is 14.8 Å². The average molecular weight is 509 g/mol. The van der Waals surface area contributed by atoms with Crippen LogP contribution in [-0.4, -0.2) is 33.6 Å². The smallest absolute Gasteiger partial charge is 0.347 e. The van der Waals surface area contributed by atoms with Crippen molar-refractivity contribution >= 4 is 45.4 Å². The molecule has 10 heteroatoms. The highest BCUT2D eigenvalue weighted by molar-refractivity contribution is 7.17. The van der Waals surface area contributed by atoms with Crippen LogP contribution >= 0.6 is 22.7 Å². The molecule has 0 aliphatic rings. The minimum absolute atomic E-state index is 0.0522. The number of thiazole rings is 2. The van der Waals surface area contributed by atoms with Crippen molar-refractivity contribution in [2.24, 2.45) is 0 Å². The summed E-state index contributed by atoms with van der Waals surface area (Å²) in [6.45, 7) is 5.06. The zero-order valence-corrected chi connectivity index (χ0v) is 20.8. The first-order valence-electron chi connectivity index (χ1n) is 10.8. The first-order valence-corrected chi connectivity index (χ1v) is 12.5. The van der Waals surface area contributed by atoms with Crippen LogP contribution in [0.15, 0.2) is 54.2 Å². The van der Waals surface area contributed by atoms with E-state index in [4.69, 9.17) is 9.84 Å². The fourth-order valence-corrected chi connectivity index (χ4v) is 4.76. The maximum Gasteiger partial charge on any atom is 0.347 e. The number of anilines is 2. The lowest BCUT2D eigenvalue weighted by Crippen LogP contribution is -2.13. The number of aromatic carboxylic acids is 1. The Bertz CT molecular complexity index is 1350. The second-order valence-corrected chi connectivity index (χ2v) is 9.74. The lowest BCUT2D eigenvalue weighted by atomic mass is 10.1. The molecule has 1 amide bonds. The Labute approximate surface area is 210 Å². The van der Waals surface area contributed by atoms with Crippen LogP contribution < -0.4 is 15.4 Å². The van der Waals surface area contributed by atoms with E-state index in [2.05, 4.69) is 39.7 Å². The molecule has 4 rings (SSSR count). The lowest BCUT2D eigenvalue weighted by Gasteiger charge is -2.13. The van der Waals surface area contributed by atoms with Crippen LogP contribution in [0.3, 0.4) is 0 Å². The van der Waals surface area contributed by atoms with Gasteiger partial charge >= 0.3 is 5.97 Å². The first kappa shape index (κ1) is 24.4. The van der Waals surface area contributed by atoms with E-state index >= 15 is 0 Å². The molecule has 0 unspecified atom stereocenters. The summed E-state index contributed by atoms with van der Waals surface area (Å²) in [5.74, 6) is -0.936. The molecule has 0 atom stereocenters. The van der Waals surface area contributed by atoms with Crippen LogP contribution in [0.2, 0.25) is 0 Å². The van der Waals surface area contributed by atoms with Crippen molar-refractivity contribution in [2.75, 3.05) is 17.2 Å². The minimum atomic E-state index is -1.09. The SMILES string of the molecule is Cc1ccccc1CNc1cc(OCCc2scnc2C)cc(C(=O)Nc2ncc(C(=O)O)s2)c1. The molecular weight excluding hydrogens is 484 g/mol. The van der Waals surface area contributed by atoms with Gasteiger partial charge in [0.25, 0.3) is 5.91 Å². The van der Waals surface area contributed by atoms with Gasteiger partial charge in [-0.3, -0.25) is 10.1 Å². The van der Waals surface area contributed by atoms with Gasteiger partial charge < -0.3 is 15.2 Å². The number of carboxylic acid groups (broad SMARTS) is 1. The van der Waals surface area contributed by atoms with E-state index in [1.54, 1.807) is 23.5 Å². The molecule has 0 saturated carbocycles. The standard InChI is InChI=1S/C25H24N4O4S2/c1-15-5-3-4-6-17(15)12-26-19-9-18(23(30)29-25-27-13-22(35-25)24(31)32)10-20(11-19)33-8-7-21-16(2)28-14-34-21/h3-6,9-11,13-14,26H,7-8,12H2,1-2H3,(H,31,32)(H,27,29,30). The van der Waals surface area contributed by atoms with Crippen LogP contribution in [-0.2, 0) is 13.0 Å². The average Bonchev–Trinajstić information content (AvgIpc) is 3.47. The Morgan fingerprint density at radius 2 is 1.94 bits per heavy atom. The number of carbonyl (C=O) groups excluding carboxylic acids is 1. The molecule has 0 saturated heterocycles. The molecular formula is C25H24N4O4S2. The number of hydrogen-bond donors (Lipinski definition) is 3. The van der Waals surface area contributed by atoms with Crippen LogP contribution in [0, 0.1) is 13.8 Å². The number of benzene rings is 2. The fourth-order valence-electron chi connectivity index (χ4n) is 3.35. The summed E-state index contributed by atoms with van der Waals surface area (Å²) in [7, 11) is 0. The molecule has 4 aromatic rings. The van der Waals surface area contributed by atoms with Gasteiger partial charge in [0.1, 0.15) is 10.6 Å². The first-order chi connectivity index (χ1) is 16.9. The third-order valence-corrected chi connectivity index (χ3v) is 7.19. The van der Waals surface area contributed by atoms with Crippen LogP contribution in [0.1, 0.15) is 41.7 Å². The summed E-state index contributed by atoms with van der Waals surface area (Å²) < 4.78 is 6.00. The van der Waals surface area contributed by atoms with Crippen molar-refractivity contribution in [3.05, 3.63) is 86.3 Å². The Morgan fingerprint density at radius 1 is 1.11 bits per heavy atom. The third kappa shape index (κ3) is 6.43. The Hall–Kier alpha value is -3.76. The van der Waals surface area contributed by atoms with Crippen molar-refractivity contribution in [3.8, 4) is 5.75 Å². The zero-order valence-electron chi connectivity index (χ0n) is 19.2. The van der Waals surface area contributed by atoms with E-state index in [0.29, 0.717) is 24.5 Å². The molecule has 2 aromatic carbocycles. The summed E-state index contributed by atoms with van der Waals surface area (Å²) >= 11 is 2.49. The quantitative estimate of drug-likeness (QED) is 0.263. The van der Waals surface area contributed by atoms with Gasteiger partial charge in [-0.05, 0) is 37.1 Å². The topological polar surface area (TPSA) is 113 Å². The van der Waals surface area contributed by atoms with E-state index in [1.165, 1.54) is 11.8 Å². The summed E-state index contributed by atoms with van der Waals surface area (Å²) in [6, 6.07) is 13.4. The number of nitrogens with zero attached hydrogens (tertiary/aromatic N) is 2. The van der Waals surface area contributed by atoms with Crippen molar-refractivity contribution in [3.63, 3.8) is 0 Å². The van der Waals surface area contributed by atoms with Gasteiger partial charge in [0.2, 0.25) is 0 Å². The Balaban J connectivity index is 1.52. The number of aryl methyl sites for hydroxylation is 2. The van der Waals surface area contributed by atoms with Crippen molar-refractivity contribution in [1.29, 1.82) is 0 Å². The summed E-state index contributed by atoms with van der Waals surface area (Å²) in [5, 5.41) is 15.4. The zero-order chi connectivity index (χ0) is 24.8. The number of carbonyl (C=O) groups is 2. The maximum absolute atomic E-state index is 12.9. The predicted octanol–water partition coefficient (Wildman–Crippen LogP) is 5.40. The van der Waals surface area contributed by atoms with Gasteiger partial charge in [-0.15, -0.1) is 11.3 Å². The molecule has 8 nitrogen and oxygen atoms in total. The molecule has 2 heterocycles. The lowest BCUT2D eigenvalue weighted by molar-refractivity contribution is 0.0701. The largest absolute Gasteiger partial charge is 0.493 e. The van der Waals surface area contributed by atoms with E-state index in [9.17, 15) is 9.59 Å². The number of nitrogens with one attached hydrogen (secondary N) is 2. The number of amides is 1. The van der Waals surface area contributed by atoms with E-state index in [-0.39, 0.29) is 10.0 Å². The monoisotopic (exact) mass is 508 g/mol. The molecule has 0 radical (unpaired) electrons. The van der Waals surface area contributed by atoms with E-state index in [1.807, 2.05) is 30.6 Å². The van der Waals surface area contributed by atoms with E-state index < -0.39 is 11.9 Å². The predicted molar refractivity (Wildman–Crippen MR) is 138 cm³/mol. The van der Waals surface area contributed by atoms with Gasteiger partial charge in [-0.2, -0.15) is 0 Å². The van der Waals surface area contributed by atoms with Gasteiger partial charge in [-0.1, -0.05) is 35.6 Å². The molecule has 0 aliphatic carbocycles. The second kappa shape index (κ2) is 11.1. The third-order valence-electron chi connectivity index (χ3n) is 5.29. The van der Waals surface area contributed by atoms with Crippen LogP contribution in [0.5, 0.6) is 5.75 Å². The fraction of sp³-hybridized carbons (Fsp3) is 0.200. The van der Waals surface area contributed by atoms with Crippen molar-refractivity contribution in [1.82, 2.24) is 9.97 Å². The van der Waals surface area contributed by atoms with Crippen molar-refractivity contribution in [2.45, 2.75) is 26.8 Å². The van der Waals surface area contributed by atoms with E-state index in [0.717, 1.165) is 39.6 Å². The molecule has 0 aliphatic heterocycles. The number of rotatable bonds is 10. The Morgan fingerprint density at radius 3 is 2.66 bits per heavy atom. The molecule has 0 spiro atoms. The second-order valence-electron chi connectivity index (χ2n) is 7.77. The highest BCUT2D eigenvalue weighted by Crippen LogP contribution is 2.25. The number of hydrogen-bond acceptors (Lipinski definition) is 8. The van der Waals surface area contributed by atoms with Gasteiger partial charge in [0, 0.05) is 35.2 Å².